The Morgan fingerprint density at radius 2 is 2.05 bits per heavy atom. The topological polar surface area (TPSA) is 49.4 Å². The zero-order chi connectivity index (χ0) is 14.3. The van der Waals surface area contributed by atoms with Crippen molar-refractivity contribution in [1.29, 1.82) is 0 Å². The molecule has 2 fully saturated rings. The van der Waals surface area contributed by atoms with Crippen molar-refractivity contribution in [1.82, 2.24) is 5.32 Å². The molecule has 106 valence electrons. The first kappa shape index (κ1) is 13.6. The minimum Gasteiger partial charge on any atom is -0.344 e. The molecule has 2 aliphatic rings. The average Bonchev–Trinajstić information content (AvgIpc) is 3.23. The molecule has 1 aliphatic heterocycles. The summed E-state index contributed by atoms with van der Waals surface area (Å²) >= 11 is 3.45. The van der Waals surface area contributed by atoms with Gasteiger partial charge < -0.3 is 10.2 Å². The summed E-state index contributed by atoms with van der Waals surface area (Å²) in [5, 5.41) is 2.88. The maximum atomic E-state index is 12.7. The predicted octanol–water partition coefficient (Wildman–Crippen LogP) is 2.39. The van der Waals surface area contributed by atoms with Gasteiger partial charge in [0.05, 0.1) is 0 Å². The van der Waals surface area contributed by atoms with Gasteiger partial charge in [-0.15, -0.1) is 0 Å². The first-order valence-electron chi connectivity index (χ1n) is 6.93. The number of carbonyl (C=O) groups is 2. The fraction of sp³-hybridized carbons (Fsp3) is 0.467. The van der Waals surface area contributed by atoms with Gasteiger partial charge in [-0.3, -0.25) is 9.59 Å². The van der Waals surface area contributed by atoms with E-state index in [2.05, 4.69) is 21.2 Å². The number of hydrogen-bond acceptors (Lipinski definition) is 2. The lowest BCUT2D eigenvalue weighted by Gasteiger charge is -2.25. The van der Waals surface area contributed by atoms with Crippen molar-refractivity contribution in [2.75, 3.05) is 11.4 Å². The van der Waals surface area contributed by atoms with Crippen LogP contribution in [-0.2, 0) is 9.59 Å². The van der Waals surface area contributed by atoms with Crippen LogP contribution in [0.2, 0.25) is 0 Å². The molecule has 0 bridgehead atoms. The maximum Gasteiger partial charge on any atom is 0.249 e. The van der Waals surface area contributed by atoms with Crippen LogP contribution in [0.5, 0.6) is 0 Å². The summed E-state index contributed by atoms with van der Waals surface area (Å²) in [6, 6.07) is 5.55. The molecule has 0 aromatic heterocycles. The highest BCUT2D eigenvalue weighted by Gasteiger charge is 2.41. The van der Waals surface area contributed by atoms with Crippen molar-refractivity contribution < 1.29 is 9.59 Å². The van der Waals surface area contributed by atoms with Gasteiger partial charge in [-0.2, -0.15) is 0 Å². The molecule has 0 spiro atoms. The molecule has 1 aromatic rings. The van der Waals surface area contributed by atoms with Gasteiger partial charge in [-0.1, -0.05) is 22.0 Å². The number of anilines is 1. The van der Waals surface area contributed by atoms with E-state index in [1.807, 2.05) is 25.1 Å². The van der Waals surface area contributed by atoms with Crippen molar-refractivity contribution in [2.45, 2.75) is 32.2 Å². The average molecular weight is 337 g/mol. The van der Waals surface area contributed by atoms with Gasteiger partial charge in [0.1, 0.15) is 6.04 Å². The molecule has 0 radical (unpaired) electrons. The lowest BCUT2D eigenvalue weighted by atomic mass is 10.1. The maximum absolute atomic E-state index is 12.7. The summed E-state index contributed by atoms with van der Waals surface area (Å²) in [6.07, 6.45) is 2.42. The highest BCUT2D eigenvalue weighted by molar-refractivity contribution is 9.10. The number of carbonyl (C=O) groups excluding carboxylic acids is 2. The molecule has 20 heavy (non-hydrogen) atoms. The summed E-state index contributed by atoms with van der Waals surface area (Å²) < 4.78 is 0.942. The smallest absolute Gasteiger partial charge is 0.249 e. The van der Waals surface area contributed by atoms with E-state index in [0.717, 1.165) is 28.6 Å². The quantitative estimate of drug-likeness (QED) is 0.901. The minimum absolute atomic E-state index is 0.0228. The van der Waals surface area contributed by atoms with Gasteiger partial charge in [0.25, 0.3) is 0 Å². The van der Waals surface area contributed by atoms with Crippen LogP contribution in [0.3, 0.4) is 0 Å². The lowest BCUT2D eigenvalue weighted by molar-refractivity contribution is -0.126. The number of rotatable bonds is 2. The van der Waals surface area contributed by atoms with Crippen molar-refractivity contribution in [2.24, 2.45) is 5.92 Å². The van der Waals surface area contributed by atoms with Crippen LogP contribution in [0.1, 0.15) is 24.8 Å². The third-order valence-corrected chi connectivity index (χ3v) is 4.46. The number of halogens is 1. The van der Waals surface area contributed by atoms with Crippen LogP contribution >= 0.6 is 15.9 Å². The summed E-state index contributed by atoms with van der Waals surface area (Å²) in [5.74, 6) is 0.324. The van der Waals surface area contributed by atoms with Gasteiger partial charge in [-0.05, 0) is 43.4 Å². The Bertz CT molecular complexity index is 569. The van der Waals surface area contributed by atoms with E-state index >= 15 is 0 Å². The molecule has 1 N–H and O–H groups in total. The summed E-state index contributed by atoms with van der Waals surface area (Å²) in [5.41, 5.74) is 1.94. The van der Waals surface area contributed by atoms with E-state index in [0.29, 0.717) is 18.9 Å². The molecule has 5 heteroatoms. The number of amides is 2. The molecule has 1 saturated carbocycles. The first-order valence-corrected chi connectivity index (χ1v) is 7.72. The van der Waals surface area contributed by atoms with Gasteiger partial charge in [-0.25, -0.2) is 0 Å². The zero-order valence-corrected chi connectivity index (χ0v) is 12.9. The largest absolute Gasteiger partial charge is 0.344 e. The standard InChI is InChI=1S/C15H17BrN2O2/c1-9-2-5-11(16)8-12(9)18-7-6-13(19)17-14(15(18)20)10-3-4-10/h2,5,8,10,14H,3-4,6-7H2,1H3,(H,17,19). The van der Waals surface area contributed by atoms with Crippen LogP contribution in [-0.4, -0.2) is 24.4 Å². The Morgan fingerprint density at radius 1 is 1.30 bits per heavy atom. The number of aryl methyl sites for hydroxylation is 1. The van der Waals surface area contributed by atoms with Crippen LogP contribution in [0.15, 0.2) is 22.7 Å². The van der Waals surface area contributed by atoms with E-state index in [4.69, 9.17) is 0 Å². The normalized spacial score (nSPS) is 23.5. The molecule has 1 atom stereocenters. The SMILES string of the molecule is Cc1ccc(Br)cc1N1CCC(=O)NC(C2CC2)C1=O. The Morgan fingerprint density at radius 3 is 2.75 bits per heavy atom. The molecule has 1 saturated heterocycles. The number of nitrogens with zero attached hydrogens (tertiary/aromatic N) is 1. The summed E-state index contributed by atoms with van der Waals surface area (Å²) in [7, 11) is 0. The van der Waals surface area contributed by atoms with E-state index in [1.165, 1.54) is 0 Å². The van der Waals surface area contributed by atoms with E-state index in [1.54, 1.807) is 4.90 Å². The third-order valence-electron chi connectivity index (χ3n) is 3.97. The second-order valence-corrected chi connectivity index (χ2v) is 6.47. The lowest BCUT2D eigenvalue weighted by Crippen LogP contribution is -2.46. The van der Waals surface area contributed by atoms with Gasteiger partial charge in [0, 0.05) is 23.1 Å². The zero-order valence-electron chi connectivity index (χ0n) is 11.4. The molecule has 3 rings (SSSR count). The Hall–Kier alpha value is -1.36. The fourth-order valence-corrected chi connectivity index (χ4v) is 3.01. The Balaban J connectivity index is 1.96. The molecule has 1 aliphatic carbocycles. The second-order valence-electron chi connectivity index (χ2n) is 5.55. The van der Waals surface area contributed by atoms with Crippen molar-refractivity contribution in [3.8, 4) is 0 Å². The summed E-state index contributed by atoms with van der Waals surface area (Å²) in [6.45, 7) is 2.44. The fourth-order valence-electron chi connectivity index (χ4n) is 2.66. The van der Waals surface area contributed by atoms with E-state index in [9.17, 15) is 9.59 Å². The molecular weight excluding hydrogens is 320 g/mol. The van der Waals surface area contributed by atoms with Crippen molar-refractivity contribution in [3.63, 3.8) is 0 Å². The highest BCUT2D eigenvalue weighted by atomic mass is 79.9. The number of benzene rings is 1. The minimum atomic E-state index is -0.344. The number of hydrogen-bond donors (Lipinski definition) is 1. The van der Waals surface area contributed by atoms with Gasteiger partial charge >= 0.3 is 0 Å². The monoisotopic (exact) mass is 336 g/mol. The third kappa shape index (κ3) is 2.59. The Labute approximate surface area is 126 Å². The van der Waals surface area contributed by atoms with E-state index < -0.39 is 0 Å². The molecular formula is C15H17BrN2O2. The number of nitrogens with one attached hydrogen (secondary N) is 1. The van der Waals surface area contributed by atoms with Gasteiger partial charge in [0.2, 0.25) is 11.8 Å². The van der Waals surface area contributed by atoms with Crippen molar-refractivity contribution in [3.05, 3.63) is 28.2 Å². The van der Waals surface area contributed by atoms with Crippen LogP contribution in [0.25, 0.3) is 0 Å². The molecule has 4 nitrogen and oxygen atoms in total. The Kier molecular flexibility index (Phi) is 3.54. The molecule has 1 aromatic carbocycles. The molecule has 1 heterocycles. The van der Waals surface area contributed by atoms with E-state index in [-0.39, 0.29) is 17.9 Å². The predicted molar refractivity (Wildman–Crippen MR) is 80.5 cm³/mol. The summed E-state index contributed by atoms with van der Waals surface area (Å²) in [4.78, 5) is 26.3. The van der Waals surface area contributed by atoms with Crippen LogP contribution in [0, 0.1) is 12.8 Å². The highest BCUT2D eigenvalue weighted by Crippen LogP contribution is 2.35. The first-order chi connectivity index (χ1) is 9.56. The molecule has 1 unspecified atom stereocenters. The van der Waals surface area contributed by atoms with Crippen LogP contribution in [0.4, 0.5) is 5.69 Å². The molecule has 2 amide bonds. The van der Waals surface area contributed by atoms with Gasteiger partial charge in [0.15, 0.2) is 0 Å². The van der Waals surface area contributed by atoms with Crippen molar-refractivity contribution >= 4 is 33.4 Å². The van der Waals surface area contributed by atoms with Crippen LogP contribution < -0.4 is 10.2 Å². The second kappa shape index (κ2) is 5.20.